The van der Waals surface area contributed by atoms with Crippen molar-refractivity contribution in [2.75, 3.05) is 32.9 Å². The van der Waals surface area contributed by atoms with Crippen LogP contribution in [0.5, 0.6) is 0 Å². The highest BCUT2D eigenvalue weighted by Crippen LogP contribution is 2.28. The van der Waals surface area contributed by atoms with Gasteiger partial charge in [-0.2, -0.15) is 0 Å². The minimum Gasteiger partial charge on any atom is -0.381 e. The van der Waals surface area contributed by atoms with Crippen molar-refractivity contribution in [3.63, 3.8) is 0 Å². The smallest absolute Gasteiger partial charge is 0.224 e. The Bertz CT molecular complexity index is 333. The number of carbonyl (C=O) groups excluding carboxylic acids is 1. The zero-order chi connectivity index (χ0) is 14.6. The van der Waals surface area contributed by atoms with Crippen LogP contribution in [-0.4, -0.2) is 55.9 Å². The summed E-state index contributed by atoms with van der Waals surface area (Å²) >= 11 is 0. The molecule has 2 N–H and O–H groups in total. The van der Waals surface area contributed by atoms with E-state index in [2.05, 4.69) is 13.8 Å². The fourth-order valence-corrected chi connectivity index (χ4v) is 2.90. The maximum Gasteiger partial charge on any atom is 0.224 e. The van der Waals surface area contributed by atoms with E-state index in [0.717, 1.165) is 45.6 Å². The fourth-order valence-electron chi connectivity index (χ4n) is 2.90. The topological polar surface area (TPSA) is 64.8 Å². The van der Waals surface area contributed by atoms with E-state index < -0.39 is 0 Å². The Balaban J connectivity index is 0.00000220. The molecule has 5 nitrogen and oxygen atoms in total. The van der Waals surface area contributed by atoms with Crippen molar-refractivity contribution in [3.8, 4) is 0 Å². The van der Waals surface area contributed by atoms with Crippen LogP contribution < -0.4 is 5.73 Å². The van der Waals surface area contributed by atoms with Crippen LogP contribution in [0.3, 0.4) is 0 Å². The van der Waals surface area contributed by atoms with Crippen molar-refractivity contribution in [2.45, 2.75) is 51.7 Å². The van der Waals surface area contributed by atoms with Gasteiger partial charge in [-0.3, -0.25) is 4.79 Å². The maximum atomic E-state index is 12.2. The molecule has 0 aromatic carbocycles. The van der Waals surface area contributed by atoms with Gasteiger partial charge in [0, 0.05) is 32.3 Å². The van der Waals surface area contributed by atoms with Gasteiger partial charge in [-0.05, 0) is 24.7 Å². The summed E-state index contributed by atoms with van der Waals surface area (Å²) in [4.78, 5) is 14.2. The van der Waals surface area contributed by atoms with Crippen molar-refractivity contribution < 1.29 is 14.3 Å². The van der Waals surface area contributed by atoms with Crippen molar-refractivity contribution in [2.24, 2.45) is 11.1 Å². The van der Waals surface area contributed by atoms with Crippen LogP contribution in [0.15, 0.2) is 0 Å². The Morgan fingerprint density at radius 1 is 1.33 bits per heavy atom. The van der Waals surface area contributed by atoms with Crippen molar-refractivity contribution in [1.82, 2.24) is 4.90 Å². The van der Waals surface area contributed by atoms with Gasteiger partial charge in [-0.15, -0.1) is 12.4 Å². The third kappa shape index (κ3) is 5.40. The normalized spacial score (nSPS) is 26.2. The van der Waals surface area contributed by atoms with E-state index in [1.54, 1.807) is 0 Å². The van der Waals surface area contributed by atoms with Gasteiger partial charge in [-0.1, -0.05) is 13.8 Å². The molecule has 6 heteroatoms. The van der Waals surface area contributed by atoms with Gasteiger partial charge in [0.05, 0.1) is 19.1 Å². The molecule has 0 aliphatic carbocycles. The highest BCUT2D eigenvalue weighted by molar-refractivity contribution is 5.85. The third-order valence-corrected chi connectivity index (χ3v) is 4.50. The molecule has 1 unspecified atom stereocenters. The summed E-state index contributed by atoms with van der Waals surface area (Å²) in [5.74, 6) is 0.192. The minimum atomic E-state index is 0. The molecule has 1 atom stereocenters. The summed E-state index contributed by atoms with van der Waals surface area (Å²) in [7, 11) is 0. The van der Waals surface area contributed by atoms with E-state index >= 15 is 0 Å². The molecule has 2 heterocycles. The minimum absolute atomic E-state index is 0. The molecular weight excluding hydrogens is 292 g/mol. The number of nitrogens with zero attached hydrogens (tertiary/aromatic N) is 1. The van der Waals surface area contributed by atoms with Crippen LogP contribution in [0.4, 0.5) is 0 Å². The standard InChI is InChI=1S/C15H28N2O3.ClH/c1-15(2)11-17(7-3-13(15)16)14(18)6-10-20-12-4-8-19-9-5-12;/h12-13H,3-11,16H2,1-2H3;1H. The number of ether oxygens (including phenoxy) is 2. The first-order valence-corrected chi connectivity index (χ1v) is 7.72. The van der Waals surface area contributed by atoms with Crippen LogP contribution in [-0.2, 0) is 14.3 Å². The van der Waals surface area contributed by atoms with Gasteiger partial charge in [0.1, 0.15) is 0 Å². The number of halogens is 1. The molecule has 0 spiro atoms. The van der Waals surface area contributed by atoms with Gasteiger partial charge in [0.15, 0.2) is 0 Å². The largest absolute Gasteiger partial charge is 0.381 e. The predicted molar refractivity (Wildman–Crippen MR) is 84.6 cm³/mol. The number of likely N-dealkylation sites (tertiary alicyclic amines) is 1. The van der Waals surface area contributed by atoms with Crippen LogP contribution in [0, 0.1) is 5.41 Å². The number of hydrogen-bond acceptors (Lipinski definition) is 4. The quantitative estimate of drug-likeness (QED) is 0.854. The lowest BCUT2D eigenvalue weighted by Crippen LogP contribution is -2.54. The average Bonchev–Trinajstić information content (AvgIpc) is 2.43. The lowest BCUT2D eigenvalue weighted by atomic mass is 9.79. The molecule has 21 heavy (non-hydrogen) atoms. The van der Waals surface area contributed by atoms with Gasteiger partial charge >= 0.3 is 0 Å². The zero-order valence-corrected chi connectivity index (χ0v) is 14.0. The van der Waals surface area contributed by atoms with Crippen LogP contribution in [0.25, 0.3) is 0 Å². The predicted octanol–water partition coefficient (Wildman–Crippen LogP) is 1.58. The first kappa shape index (κ1) is 18.7. The monoisotopic (exact) mass is 320 g/mol. The molecule has 0 radical (unpaired) electrons. The van der Waals surface area contributed by atoms with Crippen LogP contribution >= 0.6 is 12.4 Å². The number of amides is 1. The molecule has 124 valence electrons. The number of hydrogen-bond donors (Lipinski definition) is 1. The summed E-state index contributed by atoms with van der Waals surface area (Å²) in [6.45, 7) is 7.87. The first-order valence-electron chi connectivity index (χ1n) is 7.72. The molecule has 0 saturated carbocycles. The van der Waals surface area contributed by atoms with Crippen molar-refractivity contribution in [3.05, 3.63) is 0 Å². The second-order valence-corrected chi connectivity index (χ2v) is 6.63. The summed E-state index contributed by atoms with van der Waals surface area (Å²) in [5.41, 5.74) is 6.11. The molecule has 2 saturated heterocycles. The zero-order valence-electron chi connectivity index (χ0n) is 13.2. The van der Waals surface area contributed by atoms with Gasteiger partial charge in [0.2, 0.25) is 5.91 Å². The average molecular weight is 321 g/mol. The van der Waals surface area contributed by atoms with E-state index in [4.69, 9.17) is 15.2 Å². The summed E-state index contributed by atoms with van der Waals surface area (Å²) in [6.07, 6.45) is 3.52. The summed E-state index contributed by atoms with van der Waals surface area (Å²) < 4.78 is 11.1. The Hall–Kier alpha value is -0.360. The SMILES string of the molecule is CC1(C)CN(C(=O)CCOC2CCOCC2)CCC1N.Cl. The van der Waals surface area contributed by atoms with Crippen LogP contribution in [0.2, 0.25) is 0 Å². The third-order valence-electron chi connectivity index (χ3n) is 4.50. The molecule has 2 fully saturated rings. The van der Waals surface area contributed by atoms with E-state index in [1.165, 1.54) is 0 Å². The Labute approximate surface area is 133 Å². The highest BCUT2D eigenvalue weighted by Gasteiger charge is 2.35. The van der Waals surface area contributed by atoms with E-state index in [0.29, 0.717) is 13.0 Å². The molecule has 1 amide bonds. The fraction of sp³-hybridized carbons (Fsp3) is 0.933. The maximum absolute atomic E-state index is 12.2. The van der Waals surface area contributed by atoms with E-state index in [9.17, 15) is 4.79 Å². The Kier molecular flexibility index (Phi) is 7.40. The second-order valence-electron chi connectivity index (χ2n) is 6.63. The first-order chi connectivity index (χ1) is 9.49. The molecule has 2 aliphatic heterocycles. The van der Waals surface area contributed by atoms with Gasteiger partial charge in [-0.25, -0.2) is 0 Å². The lowest BCUT2D eigenvalue weighted by Gasteiger charge is -2.42. The van der Waals surface area contributed by atoms with Gasteiger partial charge in [0.25, 0.3) is 0 Å². The molecule has 0 aromatic heterocycles. The van der Waals surface area contributed by atoms with Crippen molar-refractivity contribution in [1.29, 1.82) is 0 Å². The highest BCUT2D eigenvalue weighted by atomic mass is 35.5. The number of nitrogens with two attached hydrogens (primary N) is 1. The van der Waals surface area contributed by atoms with Gasteiger partial charge < -0.3 is 20.1 Å². The summed E-state index contributed by atoms with van der Waals surface area (Å²) in [5, 5.41) is 0. The molecule has 0 bridgehead atoms. The molecule has 2 aliphatic rings. The number of carbonyl (C=O) groups is 1. The molecule has 0 aromatic rings. The Morgan fingerprint density at radius 3 is 2.62 bits per heavy atom. The van der Waals surface area contributed by atoms with E-state index in [-0.39, 0.29) is 35.9 Å². The van der Waals surface area contributed by atoms with E-state index in [1.807, 2.05) is 4.90 Å². The number of piperidine rings is 1. The lowest BCUT2D eigenvalue weighted by molar-refractivity contribution is -0.136. The Morgan fingerprint density at radius 2 is 2.00 bits per heavy atom. The second kappa shape index (κ2) is 8.32. The molecule has 2 rings (SSSR count). The molecular formula is C15H29ClN2O3. The van der Waals surface area contributed by atoms with Crippen molar-refractivity contribution >= 4 is 18.3 Å². The van der Waals surface area contributed by atoms with Crippen LogP contribution in [0.1, 0.15) is 39.5 Å². The summed E-state index contributed by atoms with van der Waals surface area (Å²) in [6, 6.07) is 0.185. The number of rotatable bonds is 4.